The Bertz CT molecular complexity index is 628. The number of hydrogen-bond acceptors (Lipinski definition) is 2. The first-order valence-corrected chi connectivity index (χ1v) is 7.03. The molecule has 0 aromatic heterocycles. The van der Waals surface area contributed by atoms with Crippen molar-refractivity contribution >= 4 is 15.7 Å². The fourth-order valence-corrected chi connectivity index (χ4v) is 2.55. The number of rotatable bonds is 3. The quantitative estimate of drug-likeness (QED) is 0.922. The zero-order chi connectivity index (χ0) is 13.2. The van der Waals surface area contributed by atoms with Crippen LogP contribution in [0.25, 0.3) is 0 Å². The van der Waals surface area contributed by atoms with Crippen molar-refractivity contribution in [3.8, 4) is 0 Å². The number of benzene rings is 2. The fraction of sp³-hybridized carbons (Fsp3) is 0.143. The highest BCUT2D eigenvalue weighted by Gasteiger charge is 2.13. The standard InChI is InChI=1S/C14H14NO2S/c1-11-3-7-13(8-4-11)15-18(16,17)14-9-5-12(2)6-10-14/h3,5-10,15H,1-2H3. The summed E-state index contributed by atoms with van der Waals surface area (Å²) in [6.07, 6.45) is 0. The topological polar surface area (TPSA) is 46.2 Å². The first-order valence-electron chi connectivity index (χ1n) is 5.55. The highest BCUT2D eigenvalue weighted by molar-refractivity contribution is 7.92. The lowest BCUT2D eigenvalue weighted by atomic mass is 10.2. The third-order valence-electron chi connectivity index (χ3n) is 2.55. The van der Waals surface area contributed by atoms with E-state index in [0.717, 1.165) is 11.1 Å². The molecule has 2 aromatic rings. The molecule has 18 heavy (non-hydrogen) atoms. The van der Waals surface area contributed by atoms with E-state index in [1.807, 2.05) is 19.9 Å². The van der Waals surface area contributed by atoms with E-state index in [1.165, 1.54) is 0 Å². The van der Waals surface area contributed by atoms with Gasteiger partial charge in [0.2, 0.25) is 0 Å². The van der Waals surface area contributed by atoms with Gasteiger partial charge in [0, 0.05) is 5.69 Å². The molecule has 0 fully saturated rings. The normalized spacial score (nSPS) is 11.2. The molecule has 2 aromatic carbocycles. The first kappa shape index (κ1) is 12.6. The summed E-state index contributed by atoms with van der Waals surface area (Å²) in [7, 11) is -3.51. The smallest absolute Gasteiger partial charge is 0.261 e. The molecule has 0 aliphatic rings. The van der Waals surface area contributed by atoms with Crippen LogP contribution in [0, 0.1) is 19.9 Å². The Morgan fingerprint density at radius 2 is 1.67 bits per heavy atom. The average Bonchev–Trinajstić information content (AvgIpc) is 2.32. The molecule has 2 rings (SSSR count). The second-order valence-corrected chi connectivity index (χ2v) is 5.86. The second-order valence-electron chi connectivity index (χ2n) is 4.18. The van der Waals surface area contributed by atoms with Gasteiger partial charge in [-0.25, -0.2) is 8.42 Å². The van der Waals surface area contributed by atoms with Crippen LogP contribution >= 0.6 is 0 Å². The van der Waals surface area contributed by atoms with E-state index in [0.29, 0.717) is 5.69 Å². The van der Waals surface area contributed by atoms with Gasteiger partial charge >= 0.3 is 0 Å². The lowest BCUT2D eigenvalue weighted by Crippen LogP contribution is -2.12. The molecule has 0 aliphatic heterocycles. The van der Waals surface area contributed by atoms with Crippen molar-refractivity contribution in [3.63, 3.8) is 0 Å². The zero-order valence-electron chi connectivity index (χ0n) is 10.3. The molecule has 1 radical (unpaired) electrons. The van der Waals surface area contributed by atoms with Crippen molar-refractivity contribution in [3.05, 3.63) is 59.7 Å². The SMILES string of the molecule is Cc1[c]cc(NS(=O)(=O)c2ccc(C)cc2)cc1. The third kappa shape index (κ3) is 2.90. The molecule has 4 heteroatoms. The lowest BCUT2D eigenvalue weighted by Gasteiger charge is -2.08. The highest BCUT2D eigenvalue weighted by Crippen LogP contribution is 2.16. The van der Waals surface area contributed by atoms with Gasteiger partial charge in [-0.1, -0.05) is 23.8 Å². The van der Waals surface area contributed by atoms with Gasteiger partial charge in [-0.3, -0.25) is 4.72 Å². The van der Waals surface area contributed by atoms with Crippen LogP contribution in [0.2, 0.25) is 0 Å². The third-order valence-corrected chi connectivity index (χ3v) is 3.95. The van der Waals surface area contributed by atoms with Gasteiger partial charge in [0.1, 0.15) is 0 Å². The Labute approximate surface area is 108 Å². The minimum atomic E-state index is -3.51. The van der Waals surface area contributed by atoms with Crippen LogP contribution < -0.4 is 4.72 Å². The minimum absolute atomic E-state index is 0.258. The molecule has 0 saturated carbocycles. The molecule has 0 atom stereocenters. The van der Waals surface area contributed by atoms with Gasteiger partial charge in [0.25, 0.3) is 10.0 Å². The monoisotopic (exact) mass is 260 g/mol. The molecule has 0 bridgehead atoms. The van der Waals surface area contributed by atoms with Crippen molar-refractivity contribution < 1.29 is 8.42 Å². The van der Waals surface area contributed by atoms with E-state index in [-0.39, 0.29) is 4.90 Å². The number of aryl methyl sites for hydroxylation is 2. The molecule has 0 aliphatic carbocycles. The maximum atomic E-state index is 12.1. The predicted octanol–water partition coefficient (Wildman–Crippen LogP) is 2.90. The van der Waals surface area contributed by atoms with Crippen LogP contribution in [0.5, 0.6) is 0 Å². The molecule has 0 spiro atoms. The van der Waals surface area contributed by atoms with E-state index in [4.69, 9.17) is 0 Å². The van der Waals surface area contributed by atoms with Crippen LogP contribution in [0.15, 0.2) is 47.4 Å². The number of anilines is 1. The van der Waals surface area contributed by atoms with Gasteiger partial charge in [0.15, 0.2) is 0 Å². The largest absolute Gasteiger partial charge is 0.280 e. The van der Waals surface area contributed by atoms with Crippen molar-refractivity contribution in [2.24, 2.45) is 0 Å². The van der Waals surface area contributed by atoms with Gasteiger partial charge in [0.05, 0.1) is 4.90 Å². The van der Waals surface area contributed by atoms with Crippen molar-refractivity contribution in [1.82, 2.24) is 0 Å². The number of nitrogens with one attached hydrogen (secondary N) is 1. The Morgan fingerprint density at radius 3 is 2.22 bits per heavy atom. The van der Waals surface area contributed by atoms with Crippen molar-refractivity contribution in [2.45, 2.75) is 18.7 Å². The van der Waals surface area contributed by atoms with E-state index in [2.05, 4.69) is 10.8 Å². The fourth-order valence-electron chi connectivity index (χ4n) is 1.50. The Morgan fingerprint density at radius 1 is 1.00 bits per heavy atom. The molecule has 0 saturated heterocycles. The van der Waals surface area contributed by atoms with Crippen molar-refractivity contribution in [2.75, 3.05) is 4.72 Å². The minimum Gasteiger partial charge on any atom is -0.280 e. The Hall–Kier alpha value is -1.81. The van der Waals surface area contributed by atoms with Crippen LogP contribution in [0.1, 0.15) is 11.1 Å². The summed E-state index contributed by atoms with van der Waals surface area (Å²) in [6.45, 7) is 3.82. The zero-order valence-corrected chi connectivity index (χ0v) is 11.1. The molecular formula is C14H14NO2S. The molecule has 3 nitrogen and oxygen atoms in total. The lowest BCUT2D eigenvalue weighted by molar-refractivity contribution is 0.601. The summed E-state index contributed by atoms with van der Waals surface area (Å²) in [5.74, 6) is 0. The van der Waals surface area contributed by atoms with Gasteiger partial charge in [-0.2, -0.15) is 0 Å². The Kier molecular flexibility index (Phi) is 3.39. The summed E-state index contributed by atoms with van der Waals surface area (Å²) >= 11 is 0. The van der Waals surface area contributed by atoms with E-state index >= 15 is 0 Å². The van der Waals surface area contributed by atoms with Crippen LogP contribution in [0.3, 0.4) is 0 Å². The maximum absolute atomic E-state index is 12.1. The summed E-state index contributed by atoms with van der Waals surface area (Å²) in [4.78, 5) is 0.258. The van der Waals surface area contributed by atoms with Crippen LogP contribution in [-0.4, -0.2) is 8.42 Å². The van der Waals surface area contributed by atoms with Crippen LogP contribution in [-0.2, 0) is 10.0 Å². The highest BCUT2D eigenvalue weighted by atomic mass is 32.2. The number of sulfonamides is 1. The number of hydrogen-bond donors (Lipinski definition) is 1. The van der Waals surface area contributed by atoms with Gasteiger partial charge in [-0.15, -0.1) is 0 Å². The second kappa shape index (κ2) is 4.82. The molecular weight excluding hydrogens is 246 g/mol. The van der Waals surface area contributed by atoms with E-state index < -0.39 is 10.0 Å². The molecule has 93 valence electrons. The summed E-state index contributed by atoms with van der Waals surface area (Å²) < 4.78 is 26.7. The van der Waals surface area contributed by atoms with Gasteiger partial charge in [-0.05, 0) is 49.7 Å². The predicted molar refractivity (Wildman–Crippen MR) is 72.0 cm³/mol. The summed E-state index contributed by atoms with van der Waals surface area (Å²) in [5, 5.41) is 0. The van der Waals surface area contributed by atoms with Crippen molar-refractivity contribution in [1.29, 1.82) is 0 Å². The van der Waals surface area contributed by atoms with Crippen LogP contribution in [0.4, 0.5) is 5.69 Å². The molecule has 0 heterocycles. The van der Waals surface area contributed by atoms with E-state index in [1.54, 1.807) is 36.4 Å². The Balaban J connectivity index is 2.27. The van der Waals surface area contributed by atoms with E-state index in [9.17, 15) is 8.42 Å². The summed E-state index contributed by atoms with van der Waals surface area (Å²) in [5.41, 5.74) is 2.51. The average molecular weight is 260 g/mol. The molecule has 1 N–H and O–H groups in total. The maximum Gasteiger partial charge on any atom is 0.261 e. The van der Waals surface area contributed by atoms with Gasteiger partial charge < -0.3 is 0 Å². The molecule has 0 unspecified atom stereocenters. The first-order chi connectivity index (χ1) is 8.47. The molecule has 0 amide bonds. The summed E-state index contributed by atoms with van der Waals surface area (Å²) in [6, 6.07) is 14.8.